The molecule has 1 heterocycles. The lowest BCUT2D eigenvalue weighted by Gasteiger charge is -2.34. The summed E-state index contributed by atoms with van der Waals surface area (Å²) in [5, 5.41) is 0. The van der Waals surface area contributed by atoms with Crippen LogP contribution in [0, 0.1) is 0 Å². The first-order valence-corrected chi connectivity index (χ1v) is 9.62. The number of carbonyl (C=O) groups excluding carboxylic acids is 1. The van der Waals surface area contributed by atoms with Crippen molar-refractivity contribution in [1.29, 1.82) is 0 Å². The lowest BCUT2D eigenvalue weighted by molar-refractivity contribution is 0.0643. The second-order valence-electron chi connectivity index (χ2n) is 6.15. The van der Waals surface area contributed by atoms with Crippen LogP contribution in [0.5, 0.6) is 0 Å². The van der Waals surface area contributed by atoms with E-state index < -0.39 is 10.0 Å². The zero-order valence-corrected chi connectivity index (χ0v) is 14.2. The second-order valence-corrected chi connectivity index (χ2v) is 7.86. The average molecular weight is 337 g/mol. The van der Waals surface area contributed by atoms with Gasteiger partial charge in [0.15, 0.2) is 0 Å². The molecule has 0 aromatic heterocycles. The molecule has 1 aliphatic carbocycles. The van der Waals surface area contributed by atoms with Crippen molar-refractivity contribution < 1.29 is 13.2 Å². The molecule has 3 rings (SSSR count). The van der Waals surface area contributed by atoms with Gasteiger partial charge in [-0.05, 0) is 43.7 Å². The van der Waals surface area contributed by atoms with E-state index in [1.807, 2.05) is 4.90 Å². The van der Waals surface area contributed by atoms with E-state index in [1.165, 1.54) is 12.1 Å². The lowest BCUT2D eigenvalue weighted by atomic mass is 10.2. The van der Waals surface area contributed by atoms with Gasteiger partial charge in [0, 0.05) is 37.8 Å². The Morgan fingerprint density at radius 2 is 1.74 bits per heavy atom. The molecule has 2 fully saturated rings. The Hall–Kier alpha value is -1.44. The van der Waals surface area contributed by atoms with Gasteiger partial charge in [-0.2, -0.15) is 0 Å². The molecule has 0 spiro atoms. The molecule has 7 heteroatoms. The van der Waals surface area contributed by atoms with Crippen molar-refractivity contribution >= 4 is 15.9 Å². The Morgan fingerprint density at radius 3 is 2.26 bits per heavy atom. The summed E-state index contributed by atoms with van der Waals surface area (Å²) in [5.74, 6) is -0.0279. The molecule has 2 aliphatic rings. The molecule has 6 nitrogen and oxygen atoms in total. The number of nitrogens with zero attached hydrogens (tertiary/aromatic N) is 2. The first kappa shape index (κ1) is 16.4. The Labute approximate surface area is 137 Å². The topological polar surface area (TPSA) is 69.7 Å². The number of piperazine rings is 1. The molecule has 1 aromatic carbocycles. The maximum absolute atomic E-state index is 12.5. The molecule has 1 N–H and O–H groups in total. The fraction of sp³-hybridized carbons (Fsp3) is 0.562. The molecular formula is C16H23N3O3S. The van der Waals surface area contributed by atoms with Crippen LogP contribution in [0.15, 0.2) is 29.2 Å². The average Bonchev–Trinajstić information content (AvgIpc) is 3.38. The monoisotopic (exact) mass is 337 g/mol. The standard InChI is InChI=1S/C16H23N3O3S/c1-2-18-9-11-19(12-10-18)16(20)13-3-7-15(8-4-13)23(21,22)17-14-5-6-14/h3-4,7-8,14,17H,2,5-6,9-12H2,1H3. The minimum Gasteiger partial charge on any atom is -0.336 e. The highest BCUT2D eigenvalue weighted by Crippen LogP contribution is 2.22. The normalized spacial score (nSPS) is 19.8. The number of amides is 1. The minimum atomic E-state index is -3.46. The smallest absolute Gasteiger partial charge is 0.253 e. The predicted octanol–water partition coefficient (Wildman–Crippen LogP) is 0.905. The van der Waals surface area contributed by atoms with Crippen molar-refractivity contribution in [3.8, 4) is 0 Å². The van der Waals surface area contributed by atoms with Crippen molar-refractivity contribution in [3.05, 3.63) is 29.8 Å². The van der Waals surface area contributed by atoms with Gasteiger partial charge in [-0.15, -0.1) is 0 Å². The minimum absolute atomic E-state index is 0.0279. The molecule has 23 heavy (non-hydrogen) atoms. The van der Waals surface area contributed by atoms with Gasteiger partial charge < -0.3 is 9.80 Å². The van der Waals surface area contributed by atoms with E-state index in [-0.39, 0.29) is 16.8 Å². The summed E-state index contributed by atoms with van der Waals surface area (Å²) in [6.45, 7) is 6.33. The van der Waals surface area contributed by atoms with Crippen molar-refractivity contribution in [1.82, 2.24) is 14.5 Å². The van der Waals surface area contributed by atoms with E-state index in [2.05, 4.69) is 16.5 Å². The number of benzene rings is 1. The summed E-state index contributed by atoms with van der Waals surface area (Å²) in [4.78, 5) is 16.8. The molecule has 126 valence electrons. The van der Waals surface area contributed by atoms with Crippen LogP contribution in [0.2, 0.25) is 0 Å². The maximum atomic E-state index is 12.5. The SMILES string of the molecule is CCN1CCN(C(=O)c2ccc(S(=O)(=O)NC3CC3)cc2)CC1. The molecule has 1 aromatic rings. The van der Waals surface area contributed by atoms with Crippen molar-refractivity contribution in [3.63, 3.8) is 0 Å². The molecule has 1 saturated heterocycles. The highest BCUT2D eigenvalue weighted by molar-refractivity contribution is 7.89. The molecule has 0 radical (unpaired) electrons. The number of carbonyl (C=O) groups is 1. The number of nitrogens with one attached hydrogen (secondary N) is 1. The van der Waals surface area contributed by atoms with Gasteiger partial charge in [-0.25, -0.2) is 13.1 Å². The Bertz CT molecular complexity index is 660. The quantitative estimate of drug-likeness (QED) is 0.867. The van der Waals surface area contributed by atoms with E-state index >= 15 is 0 Å². The van der Waals surface area contributed by atoms with Gasteiger partial charge >= 0.3 is 0 Å². The van der Waals surface area contributed by atoms with Crippen molar-refractivity contribution in [2.45, 2.75) is 30.7 Å². The van der Waals surface area contributed by atoms with Crippen LogP contribution >= 0.6 is 0 Å². The lowest BCUT2D eigenvalue weighted by Crippen LogP contribution is -2.48. The fourth-order valence-electron chi connectivity index (χ4n) is 2.72. The third kappa shape index (κ3) is 3.91. The van der Waals surface area contributed by atoms with Crippen LogP contribution in [0.1, 0.15) is 30.1 Å². The van der Waals surface area contributed by atoms with E-state index in [9.17, 15) is 13.2 Å². The molecule has 0 atom stereocenters. The van der Waals surface area contributed by atoms with Crippen LogP contribution in [0.3, 0.4) is 0 Å². The molecular weight excluding hydrogens is 314 g/mol. The summed E-state index contributed by atoms with van der Waals surface area (Å²) >= 11 is 0. The van der Waals surface area contributed by atoms with Gasteiger partial charge in [0.25, 0.3) is 5.91 Å². The Morgan fingerprint density at radius 1 is 1.13 bits per heavy atom. The third-order valence-electron chi connectivity index (χ3n) is 4.42. The molecule has 0 bridgehead atoms. The zero-order chi connectivity index (χ0) is 16.4. The van der Waals surface area contributed by atoms with Crippen molar-refractivity contribution in [2.24, 2.45) is 0 Å². The fourth-order valence-corrected chi connectivity index (χ4v) is 4.02. The predicted molar refractivity (Wildman–Crippen MR) is 87.8 cm³/mol. The maximum Gasteiger partial charge on any atom is 0.253 e. The third-order valence-corrected chi connectivity index (χ3v) is 5.95. The highest BCUT2D eigenvalue weighted by atomic mass is 32.2. The number of likely N-dealkylation sites (N-methyl/N-ethyl adjacent to an activating group) is 1. The van der Waals surface area contributed by atoms with Crippen LogP contribution in [0.4, 0.5) is 0 Å². The van der Waals surface area contributed by atoms with Crippen molar-refractivity contribution in [2.75, 3.05) is 32.7 Å². The molecule has 1 aliphatic heterocycles. The number of hydrogen-bond donors (Lipinski definition) is 1. The first-order chi connectivity index (χ1) is 11.0. The summed E-state index contributed by atoms with van der Waals surface area (Å²) in [6, 6.07) is 6.32. The Balaban J connectivity index is 1.66. The van der Waals surface area contributed by atoms with Gasteiger partial charge in [0.1, 0.15) is 0 Å². The Kier molecular flexibility index (Phi) is 4.70. The van der Waals surface area contributed by atoms with Crippen LogP contribution < -0.4 is 4.72 Å². The van der Waals surface area contributed by atoms with Gasteiger partial charge in [0.2, 0.25) is 10.0 Å². The largest absolute Gasteiger partial charge is 0.336 e. The number of rotatable bonds is 5. The van der Waals surface area contributed by atoms with Gasteiger partial charge in [0.05, 0.1) is 4.90 Å². The summed E-state index contributed by atoms with van der Waals surface area (Å²) in [5.41, 5.74) is 0.542. The van der Waals surface area contributed by atoms with E-state index in [1.54, 1.807) is 12.1 Å². The first-order valence-electron chi connectivity index (χ1n) is 8.13. The van der Waals surface area contributed by atoms with E-state index in [0.717, 1.165) is 45.6 Å². The summed E-state index contributed by atoms with van der Waals surface area (Å²) in [6.07, 6.45) is 1.80. The van der Waals surface area contributed by atoms with Crippen LogP contribution in [-0.4, -0.2) is 62.9 Å². The van der Waals surface area contributed by atoms with Crippen LogP contribution in [0.25, 0.3) is 0 Å². The zero-order valence-electron chi connectivity index (χ0n) is 13.4. The van der Waals surface area contributed by atoms with E-state index in [4.69, 9.17) is 0 Å². The van der Waals surface area contributed by atoms with Crippen LogP contribution in [-0.2, 0) is 10.0 Å². The number of sulfonamides is 1. The molecule has 1 amide bonds. The van der Waals surface area contributed by atoms with E-state index in [0.29, 0.717) is 5.56 Å². The summed E-state index contributed by atoms with van der Waals surface area (Å²) < 4.78 is 26.9. The second kappa shape index (κ2) is 6.59. The van der Waals surface area contributed by atoms with Gasteiger partial charge in [-0.1, -0.05) is 6.92 Å². The summed E-state index contributed by atoms with van der Waals surface area (Å²) in [7, 11) is -3.46. The van der Waals surface area contributed by atoms with Gasteiger partial charge in [-0.3, -0.25) is 4.79 Å². The highest BCUT2D eigenvalue weighted by Gasteiger charge is 2.28. The molecule has 0 unspecified atom stereocenters. The number of hydrogen-bond acceptors (Lipinski definition) is 4. The molecule has 1 saturated carbocycles.